The summed E-state index contributed by atoms with van der Waals surface area (Å²) < 4.78 is 4.74. The lowest BCUT2D eigenvalue weighted by atomic mass is 9.98. The Morgan fingerprint density at radius 2 is 0.977 bits per heavy atom. The number of fused-ring (bicyclic) bond motifs is 7. The fraction of sp³-hybridized carbons (Fsp3) is 0. The van der Waals surface area contributed by atoms with Gasteiger partial charge in [0.05, 0.1) is 22.1 Å². The molecule has 0 atom stereocenters. The molecule has 0 N–H and O–H groups in total. The maximum absolute atomic E-state index is 5.11. The van der Waals surface area contributed by atoms with Crippen LogP contribution in [-0.2, 0) is 0 Å². The Morgan fingerprint density at radius 1 is 0.386 bits per heavy atom. The van der Waals surface area contributed by atoms with Crippen LogP contribution in [0.1, 0.15) is 0 Å². The second-order valence-corrected chi connectivity index (χ2v) is 11.1. The van der Waals surface area contributed by atoms with Gasteiger partial charge in [0.15, 0.2) is 0 Å². The molecule has 0 fully saturated rings. The van der Waals surface area contributed by atoms with Crippen LogP contribution in [0.5, 0.6) is 0 Å². The van der Waals surface area contributed by atoms with Crippen LogP contribution in [0.3, 0.4) is 0 Å². The zero-order valence-corrected chi connectivity index (χ0v) is 23.8. The molecule has 206 valence electrons. The molecule has 0 spiro atoms. The molecule has 4 heteroatoms. The predicted octanol–water partition coefficient (Wildman–Crippen LogP) is 10.0. The number of hydrogen-bond acceptors (Lipinski definition) is 2. The summed E-state index contributed by atoms with van der Waals surface area (Å²) in [6.45, 7) is 0. The topological polar surface area (TPSA) is 35.6 Å². The monoisotopic (exact) mass is 562 g/mol. The summed E-state index contributed by atoms with van der Waals surface area (Å²) in [5.74, 6) is 0. The fourth-order valence-electron chi connectivity index (χ4n) is 6.64. The molecule has 4 nitrogen and oxygen atoms in total. The fourth-order valence-corrected chi connectivity index (χ4v) is 6.64. The number of aromatic nitrogens is 4. The zero-order chi connectivity index (χ0) is 29.0. The molecule has 0 saturated heterocycles. The normalized spacial score (nSPS) is 11.6. The van der Waals surface area contributed by atoms with Gasteiger partial charge < -0.3 is 9.13 Å². The van der Waals surface area contributed by atoms with Gasteiger partial charge in [-0.15, -0.1) is 0 Å². The first kappa shape index (κ1) is 24.6. The third-order valence-corrected chi connectivity index (χ3v) is 8.57. The Bertz CT molecular complexity index is 2420. The van der Waals surface area contributed by atoms with Crippen LogP contribution in [0, 0.1) is 0 Å². The maximum Gasteiger partial charge on any atom is 0.117 e. The SMILES string of the molecule is c1ccc(-c2cc(-c3ccccc3)cc(-n3c4cccnc4c4ncc5c6ccccc6n(-c6ccccc6)c5c43)c2)cc1. The van der Waals surface area contributed by atoms with Gasteiger partial charge in [0.25, 0.3) is 0 Å². The molecule has 4 aromatic heterocycles. The molecule has 0 aliphatic rings. The Labute approximate surface area is 254 Å². The highest BCUT2D eigenvalue weighted by Gasteiger charge is 2.23. The summed E-state index contributed by atoms with van der Waals surface area (Å²) in [4.78, 5) is 9.99. The average molecular weight is 563 g/mol. The highest BCUT2D eigenvalue weighted by atomic mass is 15.1. The second-order valence-electron chi connectivity index (χ2n) is 11.1. The van der Waals surface area contributed by atoms with Crippen molar-refractivity contribution in [2.75, 3.05) is 0 Å². The Kier molecular flexibility index (Phi) is 5.47. The number of hydrogen-bond donors (Lipinski definition) is 0. The summed E-state index contributed by atoms with van der Waals surface area (Å²) in [5, 5.41) is 2.29. The van der Waals surface area contributed by atoms with E-state index in [0.717, 1.165) is 61.0 Å². The molecule has 0 aliphatic heterocycles. The first-order valence-corrected chi connectivity index (χ1v) is 14.8. The van der Waals surface area contributed by atoms with E-state index >= 15 is 0 Å². The van der Waals surface area contributed by atoms with E-state index in [1.165, 1.54) is 16.5 Å². The molecule has 9 rings (SSSR count). The van der Waals surface area contributed by atoms with Crippen LogP contribution >= 0.6 is 0 Å². The van der Waals surface area contributed by atoms with Crippen molar-refractivity contribution in [3.8, 4) is 33.6 Å². The molecule has 0 bridgehead atoms. The van der Waals surface area contributed by atoms with Crippen LogP contribution in [0.25, 0.3) is 77.5 Å². The average Bonchev–Trinajstić information content (AvgIpc) is 3.62. The van der Waals surface area contributed by atoms with Gasteiger partial charge >= 0.3 is 0 Å². The largest absolute Gasteiger partial charge is 0.307 e. The van der Waals surface area contributed by atoms with Crippen LogP contribution in [0.2, 0.25) is 0 Å². The van der Waals surface area contributed by atoms with Crippen molar-refractivity contribution < 1.29 is 0 Å². The molecule has 0 aliphatic carbocycles. The first-order chi connectivity index (χ1) is 21.8. The van der Waals surface area contributed by atoms with Crippen LogP contribution < -0.4 is 0 Å². The van der Waals surface area contributed by atoms with Crippen molar-refractivity contribution >= 4 is 43.9 Å². The lowest BCUT2D eigenvalue weighted by Gasteiger charge is -2.15. The van der Waals surface area contributed by atoms with Gasteiger partial charge in [0.1, 0.15) is 11.0 Å². The third-order valence-electron chi connectivity index (χ3n) is 8.57. The Hall–Kier alpha value is -6.00. The standard InChI is InChI=1S/C40H26N4/c1-4-13-27(14-5-1)29-23-30(28-15-6-2-7-16-28)25-32(24-29)44-36-21-12-22-41-37(36)38-40(44)39-34(26-42-38)33-19-10-11-20-35(33)43(39)31-17-8-3-9-18-31/h1-26H. The molecule has 0 radical (unpaired) electrons. The smallest absolute Gasteiger partial charge is 0.117 e. The van der Waals surface area contributed by atoms with E-state index in [1.54, 1.807) is 0 Å². The lowest BCUT2D eigenvalue weighted by molar-refractivity contribution is 1.14. The molecule has 44 heavy (non-hydrogen) atoms. The van der Waals surface area contributed by atoms with Crippen molar-refractivity contribution in [3.63, 3.8) is 0 Å². The van der Waals surface area contributed by atoms with Gasteiger partial charge in [-0.25, -0.2) is 0 Å². The van der Waals surface area contributed by atoms with E-state index < -0.39 is 0 Å². The summed E-state index contributed by atoms with van der Waals surface area (Å²) in [5.41, 5.74) is 12.9. The van der Waals surface area contributed by atoms with Crippen molar-refractivity contribution in [1.82, 2.24) is 19.1 Å². The van der Waals surface area contributed by atoms with E-state index in [2.05, 4.69) is 149 Å². The highest BCUT2D eigenvalue weighted by Crippen LogP contribution is 2.41. The first-order valence-electron chi connectivity index (χ1n) is 14.8. The number of pyridine rings is 2. The quantitative estimate of drug-likeness (QED) is 0.214. The zero-order valence-electron chi connectivity index (χ0n) is 23.8. The molecular formula is C40H26N4. The molecular weight excluding hydrogens is 536 g/mol. The van der Waals surface area contributed by atoms with Gasteiger partial charge in [-0.3, -0.25) is 9.97 Å². The molecule has 0 amide bonds. The minimum absolute atomic E-state index is 0.888. The predicted molar refractivity (Wildman–Crippen MR) is 182 cm³/mol. The molecule has 4 heterocycles. The van der Waals surface area contributed by atoms with Crippen LogP contribution in [0.15, 0.2) is 158 Å². The molecule has 0 saturated carbocycles. The highest BCUT2D eigenvalue weighted by molar-refractivity contribution is 6.21. The number of benzene rings is 5. The lowest BCUT2D eigenvalue weighted by Crippen LogP contribution is -2.00. The van der Waals surface area contributed by atoms with Gasteiger partial charge in [0, 0.05) is 34.5 Å². The van der Waals surface area contributed by atoms with Crippen LogP contribution in [-0.4, -0.2) is 19.1 Å². The summed E-state index contributed by atoms with van der Waals surface area (Å²) in [7, 11) is 0. The van der Waals surface area contributed by atoms with Gasteiger partial charge in [-0.1, -0.05) is 97.1 Å². The Balaban J connectivity index is 1.48. The van der Waals surface area contributed by atoms with E-state index in [9.17, 15) is 0 Å². The Morgan fingerprint density at radius 3 is 1.68 bits per heavy atom. The number of rotatable bonds is 4. The van der Waals surface area contributed by atoms with E-state index in [0.29, 0.717) is 0 Å². The summed E-state index contributed by atoms with van der Waals surface area (Å²) in [6, 6.07) is 51.5. The minimum Gasteiger partial charge on any atom is -0.307 e. The molecule has 0 unspecified atom stereocenters. The second kappa shape index (κ2) is 9.79. The number of nitrogens with zero attached hydrogens (tertiary/aromatic N) is 4. The van der Waals surface area contributed by atoms with E-state index in [-0.39, 0.29) is 0 Å². The summed E-state index contributed by atoms with van der Waals surface area (Å²) >= 11 is 0. The van der Waals surface area contributed by atoms with Crippen molar-refractivity contribution in [3.05, 3.63) is 158 Å². The van der Waals surface area contributed by atoms with E-state index in [1.807, 2.05) is 18.5 Å². The molecule has 9 aromatic rings. The molecule has 5 aromatic carbocycles. The third kappa shape index (κ3) is 3.71. The number of para-hydroxylation sites is 2. The van der Waals surface area contributed by atoms with Crippen molar-refractivity contribution in [2.45, 2.75) is 0 Å². The van der Waals surface area contributed by atoms with Crippen molar-refractivity contribution in [2.24, 2.45) is 0 Å². The minimum atomic E-state index is 0.888. The van der Waals surface area contributed by atoms with Crippen molar-refractivity contribution in [1.29, 1.82) is 0 Å². The summed E-state index contributed by atoms with van der Waals surface area (Å²) in [6.07, 6.45) is 3.88. The van der Waals surface area contributed by atoms with E-state index in [4.69, 9.17) is 9.97 Å². The maximum atomic E-state index is 5.11. The van der Waals surface area contributed by atoms with Gasteiger partial charge in [-0.2, -0.15) is 0 Å². The van der Waals surface area contributed by atoms with Crippen LogP contribution in [0.4, 0.5) is 0 Å². The van der Waals surface area contributed by atoms with Gasteiger partial charge in [-0.05, 0) is 70.8 Å². The van der Waals surface area contributed by atoms with Gasteiger partial charge in [0.2, 0.25) is 0 Å².